The van der Waals surface area contributed by atoms with Crippen molar-refractivity contribution in [1.29, 1.82) is 0 Å². The van der Waals surface area contributed by atoms with Gasteiger partial charge < -0.3 is 10.1 Å². The van der Waals surface area contributed by atoms with Crippen LogP contribution in [0, 0.1) is 0 Å². The van der Waals surface area contributed by atoms with Gasteiger partial charge in [0.1, 0.15) is 0 Å². The molecule has 0 unspecified atom stereocenters. The highest BCUT2D eigenvalue weighted by molar-refractivity contribution is 7.84. The number of nitrogens with one attached hydrogen (secondary N) is 1. The molecule has 1 N–H and O–H groups in total. The van der Waals surface area contributed by atoms with E-state index >= 15 is 0 Å². The van der Waals surface area contributed by atoms with E-state index < -0.39 is 22.9 Å². The van der Waals surface area contributed by atoms with Gasteiger partial charge in [-0.15, -0.1) is 0 Å². The lowest BCUT2D eigenvalue weighted by molar-refractivity contribution is -0.129. The molecule has 2 aromatic rings. The molecular weight excluding hydrogens is 350 g/mol. The van der Waals surface area contributed by atoms with Gasteiger partial charge in [0, 0.05) is 12.8 Å². The Morgan fingerprint density at radius 3 is 2.31 bits per heavy atom. The van der Waals surface area contributed by atoms with Crippen LogP contribution in [0.1, 0.15) is 35.7 Å². The molecule has 6 heteroatoms. The lowest BCUT2D eigenvalue weighted by Gasteiger charge is -2.17. The zero-order chi connectivity index (χ0) is 19.1. The molecule has 3 atom stereocenters. The van der Waals surface area contributed by atoms with Crippen molar-refractivity contribution in [1.82, 2.24) is 5.32 Å². The number of hydrogen-bond donors (Lipinski definition) is 1. The molecule has 0 radical (unpaired) electrons. The summed E-state index contributed by atoms with van der Waals surface area (Å²) in [4.78, 5) is 24.9. The van der Waals surface area contributed by atoms with Gasteiger partial charge in [-0.2, -0.15) is 0 Å². The van der Waals surface area contributed by atoms with Crippen LogP contribution in [0.15, 0.2) is 59.5 Å². The van der Waals surface area contributed by atoms with Crippen LogP contribution in [0.2, 0.25) is 0 Å². The molecule has 0 aliphatic rings. The zero-order valence-electron chi connectivity index (χ0n) is 15.1. The van der Waals surface area contributed by atoms with Crippen LogP contribution in [-0.4, -0.2) is 35.0 Å². The molecule has 2 rings (SSSR count). The second-order valence-electron chi connectivity index (χ2n) is 6.05. The Bertz CT molecular complexity index is 791. The first-order chi connectivity index (χ1) is 12.4. The van der Waals surface area contributed by atoms with E-state index in [1.807, 2.05) is 37.3 Å². The van der Waals surface area contributed by atoms with Crippen LogP contribution in [-0.2, 0) is 20.3 Å². The van der Waals surface area contributed by atoms with E-state index in [9.17, 15) is 13.8 Å². The number of benzene rings is 2. The van der Waals surface area contributed by atoms with Crippen LogP contribution < -0.4 is 5.32 Å². The fraction of sp³-hybridized carbons (Fsp3) is 0.300. The molecule has 0 bridgehead atoms. The molecule has 2 aromatic carbocycles. The standard InChI is InChI=1S/C20H23NO4S/c1-14(16-9-5-4-6-10-16)13-21-19(22)15(2)25-20(23)17-11-7-8-12-18(17)26(3)24/h4-12,14-15H,13H2,1-3H3,(H,21,22)/t14-,15+,26+/m0/s1. The lowest BCUT2D eigenvalue weighted by Crippen LogP contribution is -2.37. The summed E-state index contributed by atoms with van der Waals surface area (Å²) in [6.07, 6.45) is 0.552. The van der Waals surface area contributed by atoms with E-state index in [-0.39, 0.29) is 17.4 Å². The van der Waals surface area contributed by atoms with Crippen LogP contribution >= 0.6 is 0 Å². The van der Waals surface area contributed by atoms with E-state index in [0.717, 1.165) is 5.56 Å². The summed E-state index contributed by atoms with van der Waals surface area (Å²) < 4.78 is 17.0. The first-order valence-electron chi connectivity index (χ1n) is 8.36. The highest BCUT2D eigenvalue weighted by atomic mass is 32.2. The minimum Gasteiger partial charge on any atom is -0.449 e. The van der Waals surface area contributed by atoms with E-state index in [4.69, 9.17) is 4.74 Å². The molecule has 0 saturated carbocycles. The molecule has 0 aromatic heterocycles. The Kier molecular flexibility index (Phi) is 7.09. The van der Waals surface area contributed by atoms with Crippen molar-refractivity contribution in [2.75, 3.05) is 12.8 Å². The van der Waals surface area contributed by atoms with Crippen molar-refractivity contribution in [3.8, 4) is 0 Å². The SMILES string of the molecule is C[C@@H](OC(=O)c1ccccc1[S@@](C)=O)C(=O)NC[C@H](C)c1ccccc1. The number of ether oxygens (including phenoxy) is 1. The second kappa shape index (κ2) is 9.29. The van der Waals surface area contributed by atoms with E-state index in [0.29, 0.717) is 11.4 Å². The summed E-state index contributed by atoms with van der Waals surface area (Å²) in [5, 5.41) is 2.80. The molecule has 0 fully saturated rings. The summed E-state index contributed by atoms with van der Waals surface area (Å²) >= 11 is 0. The predicted molar refractivity (Wildman–Crippen MR) is 102 cm³/mol. The smallest absolute Gasteiger partial charge is 0.340 e. The number of hydrogen-bond acceptors (Lipinski definition) is 4. The van der Waals surface area contributed by atoms with Crippen LogP contribution in [0.4, 0.5) is 0 Å². The van der Waals surface area contributed by atoms with Gasteiger partial charge in [0.25, 0.3) is 5.91 Å². The maximum absolute atomic E-state index is 12.3. The fourth-order valence-electron chi connectivity index (χ4n) is 2.46. The molecule has 0 saturated heterocycles. The Hall–Kier alpha value is -2.47. The first kappa shape index (κ1) is 19.8. The predicted octanol–water partition coefficient (Wildman–Crippen LogP) is 2.89. The largest absolute Gasteiger partial charge is 0.449 e. The molecule has 0 aliphatic carbocycles. The minimum atomic E-state index is -1.32. The average molecular weight is 373 g/mol. The van der Waals surface area contributed by atoms with E-state index in [1.54, 1.807) is 24.3 Å². The third-order valence-corrected chi connectivity index (χ3v) is 5.00. The third-order valence-electron chi connectivity index (χ3n) is 4.02. The van der Waals surface area contributed by atoms with Crippen molar-refractivity contribution in [3.63, 3.8) is 0 Å². The zero-order valence-corrected chi connectivity index (χ0v) is 15.9. The van der Waals surface area contributed by atoms with Crippen LogP contribution in [0.3, 0.4) is 0 Å². The van der Waals surface area contributed by atoms with Crippen molar-refractivity contribution in [2.45, 2.75) is 30.8 Å². The van der Waals surface area contributed by atoms with Crippen molar-refractivity contribution < 1.29 is 18.5 Å². The second-order valence-corrected chi connectivity index (χ2v) is 7.40. The Balaban J connectivity index is 1.93. The molecule has 5 nitrogen and oxygen atoms in total. The summed E-state index contributed by atoms with van der Waals surface area (Å²) in [6.45, 7) is 3.98. The number of esters is 1. The van der Waals surface area contributed by atoms with Gasteiger partial charge in [-0.3, -0.25) is 9.00 Å². The molecule has 138 valence electrons. The summed E-state index contributed by atoms with van der Waals surface area (Å²) in [6, 6.07) is 16.4. The van der Waals surface area contributed by atoms with Crippen LogP contribution in [0.25, 0.3) is 0 Å². The van der Waals surface area contributed by atoms with Gasteiger partial charge in [-0.05, 0) is 30.5 Å². The van der Waals surface area contributed by atoms with E-state index in [2.05, 4.69) is 5.32 Å². The molecular formula is C20H23NO4S. The molecule has 0 heterocycles. The number of carbonyl (C=O) groups is 2. The van der Waals surface area contributed by atoms with Gasteiger partial charge in [-0.25, -0.2) is 4.79 Å². The molecule has 0 spiro atoms. The third kappa shape index (κ3) is 5.26. The first-order valence-corrected chi connectivity index (χ1v) is 9.92. The summed E-state index contributed by atoms with van der Waals surface area (Å²) in [7, 11) is -1.32. The van der Waals surface area contributed by atoms with Gasteiger partial charge in [0.05, 0.1) is 21.3 Å². The minimum absolute atomic E-state index is 0.145. The quantitative estimate of drug-likeness (QED) is 0.758. The lowest BCUT2D eigenvalue weighted by atomic mass is 10.0. The normalized spacial score (nSPS) is 14.1. The Labute approximate surface area is 156 Å². The highest BCUT2D eigenvalue weighted by Gasteiger charge is 2.22. The maximum atomic E-state index is 12.3. The summed E-state index contributed by atoms with van der Waals surface area (Å²) in [5.74, 6) is -0.878. The number of carbonyl (C=O) groups excluding carboxylic acids is 2. The Morgan fingerprint density at radius 2 is 1.65 bits per heavy atom. The number of amides is 1. The highest BCUT2D eigenvalue weighted by Crippen LogP contribution is 2.15. The van der Waals surface area contributed by atoms with Crippen molar-refractivity contribution >= 4 is 22.7 Å². The molecule has 1 amide bonds. The van der Waals surface area contributed by atoms with E-state index in [1.165, 1.54) is 13.2 Å². The van der Waals surface area contributed by atoms with Gasteiger partial charge in [0.15, 0.2) is 6.10 Å². The average Bonchev–Trinajstić information content (AvgIpc) is 2.66. The molecule has 0 aliphatic heterocycles. The Morgan fingerprint density at radius 1 is 1.04 bits per heavy atom. The van der Waals surface area contributed by atoms with Crippen molar-refractivity contribution in [2.24, 2.45) is 0 Å². The van der Waals surface area contributed by atoms with Gasteiger partial charge in [0.2, 0.25) is 0 Å². The monoisotopic (exact) mass is 373 g/mol. The van der Waals surface area contributed by atoms with Gasteiger partial charge in [-0.1, -0.05) is 49.4 Å². The fourth-order valence-corrected chi connectivity index (χ4v) is 3.19. The molecule has 26 heavy (non-hydrogen) atoms. The number of rotatable bonds is 7. The van der Waals surface area contributed by atoms with Gasteiger partial charge >= 0.3 is 5.97 Å². The summed E-state index contributed by atoms with van der Waals surface area (Å²) in [5.41, 5.74) is 1.34. The topological polar surface area (TPSA) is 72.5 Å². The maximum Gasteiger partial charge on any atom is 0.340 e. The van der Waals surface area contributed by atoms with Crippen molar-refractivity contribution in [3.05, 3.63) is 65.7 Å². The van der Waals surface area contributed by atoms with Crippen LogP contribution in [0.5, 0.6) is 0 Å².